The number of rotatable bonds is 5. The van der Waals surface area contributed by atoms with Gasteiger partial charge in [-0.2, -0.15) is 5.26 Å². The van der Waals surface area contributed by atoms with Crippen LogP contribution in [0.4, 0.5) is 0 Å². The van der Waals surface area contributed by atoms with Gasteiger partial charge in [-0.15, -0.1) is 0 Å². The Labute approximate surface area is 115 Å². The topological polar surface area (TPSA) is 35.8 Å². The molecule has 0 aromatic heterocycles. The molecule has 0 radical (unpaired) electrons. The molecular weight excluding hydrogens is 232 g/mol. The normalized spacial score (nSPS) is 17.4. The molecule has 1 aliphatic rings. The molecule has 0 saturated carbocycles. The number of nitrogens with zero attached hydrogens (tertiary/aromatic N) is 1. The maximum atomic E-state index is 8.91. The number of hydrogen-bond donors (Lipinski definition) is 1. The highest BCUT2D eigenvalue weighted by molar-refractivity contribution is 5.32. The van der Waals surface area contributed by atoms with E-state index in [1.54, 1.807) is 0 Å². The smallest absolute Gasteiger partial charge is 0.0666 e. The minimum absolute atomic E-state index is 0.0333. The average Bonchev–Trinajstić information content (AvgIpc) is 2.49. The van der Waals surface area contributed by atoms with Crippen molar-refractivity contribution in [3.8, 4) is 6.07 Å². The van der Waals surface area contributed by atoms with E-state index in [9.17, 15) is 0 Å². The molecule has 1 N–H and O–H groups in total. The summed E-state index contributed by atoms with van der Waals surface area (Å²) in [6.45, 7) is 2.67. The first-order chi connectivity index (χ1) is 9.31. The third kappa shape index (κ3) is 3.81. The number of benzene rings is 1. The molecule has 98 valence electrons. The molecule has 2 heteroatoms. The highest BCUT2D eigenvalue weighted by Crippen LogP contribution is 2.27. The van der Waals surface area contributed by atoms with Crippen LogP contribution in [0.2, 0.25) is 0 Å². The van der Waals surface area contributed by atoms with Gasteiger partial charge in [-0.3, -0.25) is 0 Å². The van der Waals surface area contributed by atoms with Gasteiger partial charge in [0.15, 0.2) is 0 Å². The van der Waals surface area contributed by atoms with Crippen LogP contribution in [0, 0.1) is 17.2 Å². The zero-order valence-electron chi connectivity index (χ0n) is 11.3. The van der Waals surface area contributed by atoms with Gasteiger partial charge in [0.2, 0.25) is 0 Å². The van der Waals surface area contributed by atoms with Crippen molar-refractivity contribution in [3.63, 3.8) is 0 Å². The van der Waals surface area contributed by atoms with Crippen LogP contribution in [0.15, 0.2) is 54.1 Å². The molecule has 0 amide bonds. The van der Waals surface area contributed by atoms with Gasteiger partial charge in [-0.25, -0.2) is 0 Å². The van der Waals surface area contributed by atoms with Gasteiger partial charge >= 0.3 is 0 Å². The Balaban J connectivity index is 2.16. The van der Waals surface area contributed by atoms with Gasteiger partial charge in [-0.05, 0) is 30.9 Å². The lowest BCUT2D eigenvalue weighted by atomic mass is 9.92. The molecule has 0 aliphatic heterocycles. The predicted molar refractivity (Wildman–Crippen MR) is 78.4 cm³/mol. The Bertz CT molecular complexity index is 494. The van der Waals surface area contributed by atoms with Crippen molar-refractivity contribution in [2.75, 3.05) is 6.54 Å². The van der Waals surface area contributed by atoms with Crippen LogP contribution in [0.1, 0.15) is 31.4 Å². The van der Waals surface area contributed by atoms with E-state index in [4.69, 9.17) is 5.26 Å². The zero-order chi connectivity index (χ0) is 13.5. The van der Waals surface area contributed by atoms with Gasteiger partial charge < -0.3 is 5.32 Å². The van der Waals surface area contributed by atoms with Gasteiger partial charge in [-0.1, -0.05) is 48.6 Å². The monoisotopic (exact) mass is 252 g/mol. The molecule has 0 spiro atoms. The predicted octanol–water partition coefficient (Wildman–Crippen LogP) is 3.75. The van der Waals surface area contributed by atoms with Crippen molar-refractivity contribution in [3.05, 3.63) is 59.7 Å². The third-order valence-electron chi connectivity index (χ3n) is 3.40. The number of hydrogen-bond acceptors (Lipinski definition) is 2. The first kappa shape index (κ1) is 13.6. The van der Waals surface area contributed by atoms with Crippen LogP contribution in [-0.4, -0.2) is 6.54 Å². The first-order valence-electron chi connectivity index (χ1n) is 6.85. The van der Waals surface area contributed by atoms with Crippen molar-refractivity contribution >= 4 is 0 Å². The highest BCUT2D eigenvalue weighted by Gasteiger charge is 2.17. The van der Waals surface area contributed by atoms with E-state index in [1.165, 1.54) is 11.1 Å². The molecule has 19 heavy (non-hydrogen) atoms. The standard InChI is InChI=1S/C17H20N2/c1-14(12-18)13-19-17(15-8-4-2-5-9-15)16-10-6-3-7-11-16/h2-6,8-10,14,17,19H,7,11,13H2,1H3. The quantitative estimate of drug-likeness (QED) is 0.866. The van der Waals surface area contributed by atoms with Crippen molar-refractivity contribution in [2.24, 2.45) is 5.92 Å². The molecule has 0 heterocycles. The van der Waals surface area contributed by atoms with Crippen LogP contribution < -0.4 is 5.32 Å². The second-order valence-corrected chi connectivity index (χ2v) is 4.99. The SMILES string of the molecule is CC(C#N)CNC(C1=CC=CCC1)c1ccccc1. The molecule has 2 unspecified atom stereocenters. The van der Waals surface area contributed by atoms with Gasteiger partial charge in [0.25, 0.3) is 0 Å². The van der Waals surface area contributed by atoms with E-state index >= 15 is 0 Å². The summed E-state index contributed by atoms with van der Waals surface area (Å²) < 4.78 is 0. The number of nitrogens with one attached hydrogen (secondary N) is 1. The van der Waals surface area contributed by atoms with Crippen LogP contribution >= 0.6 is 0 Å². The summed E-state index contributed by atoms with van der Waals surface area (Å²) in [6.07, 6.45) is 8.72. The summed E-state index contributed by atoms with van der Waals surface area (Å²) in [6, 6.07) is 13.0. The lowest BCUT2D eigenvalue weighted by molar-refractivity contribution is 0.531. The summed E-state index contributed by atoms with van der Waals surface area (Å²) in [4.78, 5) is 0. The van der Waals surface area contributed by atoms with Gasteiger partial charge in [0, 0.05) is 6.54 Å². The summed E-state index contributed by atoms with van der Waals surface area (Å²) >= 11 is 0. The Morgan fingerprint density at radius 2 is 2.11 bits per heavy atom. The Hall–Kier alpha value is -1.85. The average molecular weight is 252 g/mol. The van der Waals surface area contributed by atoms with Crippen molar-refractivity contribution in [1.82, 2.24) is 5.32 Å². The molecule has 0 bridgehead atoms. The second-order valence-electron chi connectivity index (χ2n) is 4.99. The molecule has 0 saturated heterocycles. The Morgan fingerprint density at radius 3 is 2.74 bits per heavy atom. The molecular formula is C17H20N2. The van der Waals surface area contributed by atoms with Gasteiger partial charge in [0.05, 0.1) is 18.0 Å². The van der Waals surface area contributed by atoms with E-state index in [-0.39, 0.29) is 12.0 Å². The lowest BCUT2D eigenvalue weighted by Crippen LogP contribution is -2.27. The van der Waals surface area contributed by atoms with E-state index < -0.39 is 0 Å². The van der Waals surface area contributed by atoms with Crippen LogP contribution in [0.3, 0.4) is 0 Å². The van der Waals surface area contributed by atoms with Crippen molar-refractivity contribution < 1.29 is 0 Å². The van der Waals surface area contributed by atoms with Crippen LogP contribution in [0.5, 0.6) is 0 Å². The van der Waals surface area contributed by atoms with E-state index in [0.29, 0.717) is 0 Å². The maximum absolute atomic E-state index is 8.91. The summed E-state index contributed by atoms with van der Waals surface area (Å²) in [5.41, 5.74) is 2.67. The van der Waals surface area contributed by atoms with Crippen molar-refractivity contribution in [1.29, 1.82) is 5.26 Å². The molecule has 2 rings (SSSR count). The lowest BCUT2D eigenvalue weighted by Gasteiger charge is -2.24. The van der Waals surface area contributed by atoms with E-state index in [2.05, 4.69) is 53.9 Å². The summed E-state index contributed by atoms with van der Waals surface area (Å²) in [7, 11) is 0. The first-order valence-corrected chi connectivity index (χ1v) is 6.85. The molecule has 1 aromatic rings. The highest BCUT2D eigenvalue weighted by atomic mass is 14.9. The third-order valence-corrected chi connectivity index (χ3v) is 3.40. The fourth-order valence-corrected chi connectivity index (χ4v) is 2.31. The van der Waals surface area contributed by atoms with Crippen LogP contribution in [0.25, 0.3) is 0 Å². The maximum Gasteiger partial charge on any atom is 0.0666 e. The number of nitriles is 1. The zero-order valence-corrected chi connectivity index (χ0v) is 11.3. The van der Waals surface area contributed by atoms with E-state index in [1.807, 2.05) is 13.0 Å². The molecule has 2 atom stereocenters. The molecule has 1 aromatic carbocycles. The fourth-order valence-electron chi connectivity index (χ4n) is 2.31. The minimum Gasteiger partial charge on any atom is -0.305 e. The molecule has 0 fully saturated rings. The van der Waals surface area contributed by atoms with Gasteiger partial charge in [0.1, 0.15) is 0 Å². The van der Waals surface area contributed by atoms with E-state index in [0.717, 1.165) is 19.4 Å². The van der Waals surface area contributed by atoms with Crippen LogP contribution in [-0.2, 0) is 0 Å². The minimum atomic E-state index is 0.0333. The molecule has 1 aliphatic carbocycles. The Kier molecular flexibility index (Phi) is 4.94. The largest absolute Gasteiger partial charge is 0.305 e. The Morgan fingerprint density at radius 1 is 1.32 bits per heavy atom. The second kappa shape index (κ2) is 6.92. The number of allylic oxidation sites excluding steroid dienone is 3. The summed E-state index contributed by atoms with van der Waals surface area (Å²) in [5.74, 6) is 0.0333. The fraction of sp³-hybridized carbons (Fsp3) is 0.353. The molecule has 2 nitrogen and oxygen atoms in total. The summed E-state index contributed by atoms with van der Waals surface area (Å²) in [5, 5.41) is 12.4. The van der Waals surface area contributed by atoms with Crippen molar-refractivity contribution in [2.45, 2.75) is 25.8 Å².